The van der Waals surface area contributed by atoms with Gasteiger partial charge in [0, 0.05) is 28.4 Å². The zero-order chi connectivity index (χ0) is 14.8. The van der Waals surface area contributed by atoms with Gasteiger partial charge in [-0.25, -0.2) is 4.98 Å². The van der Waals surface area contributed by atoms with Gasteiger partial charge < -0.3 is 4.74 Å². The Hall–Kier alpha value is -0.570. The number of halogens is 4. The van der Waals surface area contributed by atoms with E-state index in [2.05, 4.69) is 27.6 Å². The average molecular weight is 400 g/mol. The first kappa shape index (κ1) is 15.8. The molecular formula is C13H16F3IN2O. The first-order valence-electron chi connectivity index (χ1n) is 6.38. The van der Waals surface area contributed by atoms with Crippen LogP contribution in [-0.2, 0) is 6.54 Å². The summed E-state index contributed by atoms with van der Waals surface area (Å²) in [4.78, 5) is 5.95. The maximum atomic E-state index is 12.8. The Bertz CT molecular complexity index is 467. The third-order valence-corrected chi connectivity index (χ3v) is 4.51. The normalized spacial score (nSPS) is 20.9. The molecule has 1 saturated heterocycles. The summed E-state index contributed by atoms with van der Waals surface area (Å²) < 4.78 is 44.6. The second kappa shape index (κ2) is 6.46. The van der Waals surface area contributed by atoms with Gasteiger partial charge in [0.15, 0.2) is 0 Å². The molecule has 1 aromatic heterocycles. The number of methoxy groups -OCH3 is 1. The molecule has 3 nitrogen and oxygen atoms in total. The molecule has 0 aromatic carbocycles. The van der Waals surface area contributed by atoms with E-state index < -0.39 is 12.1 Å². The van der Waals surface area contributed by atoms with E-state index in [1.54, 1.807) is 6.20 Å². The molecule has 7 heteroatoms. The Balaban J connectivity index is 2.10. The fourth-order valence-electron chi connectivity index (χ4n) is 2.46. The third-order valence-electron chi connectivity index (χ3n) is 3.50. The van der Waals surface area contributed by atoms with Crippen LogP contribution in [0.3, 0.4) is 0 Å². The Kier molecular flexibility index (Phi) is 5.11. The van der Waals surface area contributed by atoms with Crippen molar-refractivity contribution in [3.05, 3.63) is 21.4 Å². The minimum absolute atomic E-state index is 0.0532. The molecule has 2 heterocycles. The van der Waals surface area contributed by atoms with Gasteiger partial charge >= 0.3 is 6.18 Å². The predicted octanol–water partition coefficient (Wildman–Crippen LogP) is 3.47. The predicted molar refractivity (Wildman–Crippen MR) is 77.6 cm³/mol. The standard InChI is InChI=1S/C13H16F3IN2O/c1-20-12-10(11(17)4-5-18-12)8-19-6-2-3-9(7-19)13(14,15)16/h4-5,9H,2-3,6-8H2,1H3. The van der Waals surface area contributed by atoms with Gasteiger partial charge in [-0.2, -0.15) is 13.2 Å². The van der Waals surface area contributed by atoms with Crippen molar-refractivity contribution in [2.75, 3.05) is 20.2 Å². The smallest absolute Gasteiger partial charge is 0.393 e. The van der Waals surface area contributed by atoms with Crippen molar-refractivity contribution in [2.45, 2.75) is 25.6 Å². The number of pyridine rings is 1. The molecule has 0 spiro atoms. The van der Waals surface area contributed by atoms with E-state index in [4.69, 9.17) is 4.74 Å². The molecule has 0 amide bonds. The number of hydrogen-bond acceptors (Lipinski definition) is 3. The van der Waals surface area contributed by atoms with E-state index in [1.807, 2.05) is 11.0 Å². The van der Waals surface area contributed by atoms with Gasteiger partial charge in [0.05, 0.1) is 13.0 Å². The number of piperidine rings is 1. The summed E-state index contributed by atoms with van der Waals surface area (Å²) in [5.74, 6) is -0.734. The molecule has 1 unspecified atom stereocenters. The molecule has 1 aromatic rings. The summed E-state index contributed by atoms with van der Waals surface area (Å²) in [6, 6.07) is 1.84. The first-order chi connectivity index (χ1) is 9.41. The molecular weight excluding hydrogens is 384 g/mol. The van der Waals surface area contributed by atoms with Gasteiger partial charge in [-0.3, -0.25) is 4.90 Å². The highest BCUT2D eigenvalue weighted by atomic mass is 127. The molecule has 20 heavy (non-hydrogen) atoms. The number of likely N-dealkylation sites (tertiary alicyclic amines) is 1. The lowest BCUT2D eigenvalue weighted by Crippen LogP contribution is -2.41. The van der Waals surface area contributed by atoms with E-state index >= 15 is 0 Å². The lowest BCUT2D eigenvalue weighted by molar-refractivity contribution is -0.187. The van der Waals surface area contributed by atoms with Crippen molar-refractivity contribution in [1.82, 2.24) is 9.88 Å². The van der Waals surface area contributed by atoms with Gasteiger partial charge in [-0.1, -0.05) is 0 Å². The molecule has 1 aliphatic rings. The summed E-state index contributed by atoms with van der Waals surface area (Å²) in [6.07, 6.45) is -1.67. The van der Waals surface area contributed by atoms with Crippen LogP contribution in [0.5, 0.6) is 5.88 Å². The number of aromatic nitrogens is 1. The van der Waals surface area contributed by atoms with Crippen molar-refractivity contribution in [3.8, 4) is 5.88 Å². The van der Waals surface area contributed by atoms with Crippen molar-refractivity contribution in [2.24, 2.45) is 5.92 Å². The Morgan fingerprint density at radius 3 is 2.90 bits per heavy atom. The minimum Gasteiger partial charge on any atom is -0.481 e. The topological polar surface area (TPSA) is 25.4 Å². The first-order valence-corrected chi connectivity index (χ1v) is 7.46. The molecule has 0 N–H and O–H groups in total. The molecule has 0 bridgehead atoms. The summed E-state index contributed by atoms with van der Waals surface area (Å²) in [6.45, 7) is 1.18. The molecule has 112 valence electrons. The molecule has 0 saturated carbocycles. The zero-order valence-corrected chi connectivity index (χ0v) is 13.2. The van der Waals surface area contributed by atoms with Crippen molar-refractivity contribution < 1.29 is 17.9 Å². The van der Waals surface area contributed by atoms with Crippen LogP contribution in [0.2, 0.25) is 0 Å². The Morgan fingerprint density at radius 2 is 2.25 bits per heavy atom. The summed E-state index contributed by atoms with van der Waals surface area (Å²) in [5.41, 5.74) is 0.860. The van der Waals surface area contributed by atoms with Gasteiger partial charge in [0.1, 0.15) is 0 Å². The van der Waals surface area contributed by atoms with Gasteiger partial charge in [0.25, 0.3) is 0 Å². The van der Waals surface area contributed by atoms with E-state index in [0.29, 0.717) is 25.4 Å². The van der Waals surface area contributed by atoms with Crippen LogP contribution >= 0.6 is 22.6 Å². The number of ether oxygens (including phenoxy) is 1. The third kappa shape index (κ3) is 3.75. The van der Waals surface area contributed by atoms with Crippen LogP contribution in [0.4, 0.5) is 13.2 Å². The molecule has 0 radical (unpaired) electrons. The quantitative estimate of drug-likeness (QED) is 0.727. The molecule has 1 aliphatic heterocycles. The largest absolute Gasteiger partial charge is 0.481 e. The van der Waals surface area contributed by atoms with E-state index in [9.17, 15) is 13.2 Å². The fraction of sp³-hybridized carbons (Fsp3) is 0.615. The fourth-order valence-corrected chi connectivity index (χ4v) is 3.02. The second-order valence-electron chi connectivity index (χ2n) is 4.90. The van der Waals surface area contributed by atoms with Crippen LogP contribution in [0.15, 0.2) is 12.3 Å². The molecule has 2 rings (SSSR count). The lowest BCUT2D eigenvalue weighted by atomic mass is 9.97. The SMILES string of the molecule is COc1nccc(I)c1CN1CCCC(C(F)(F)F)C1. The maximum Gasteiger partial charge on any atom is 0.393 e. The van der Waals surface area contributed by atoms with Crippen LogP contribution in [0.25, 0.3) is 0 Å². The number of hydrogen-bond donors (Lipinski definition) is 0. The monoisotopic (exact) mass is 400 g/mol. The highest BCUT2D eigenvalue weighted by Gasteiger charge is 2.41. The van der Waals surface area contributed by atoms with Crippen LogP contribution < -0.4 is 4.74 Å². The summed E-state index contributed by atoms with van der Waals surface area (Å²) in [5, 5.41) is 0. The van der Waals surface area contributed by atoms with E-state index in [0.717, 1.165) is 9.13 Å². The number of rotatable bonds is 3. The molecule has 1 atom stereocenters. The second-order valence-corrected chi connectivity index (χ2v) is 6.06. The van der Waals surface area contributed by atoms with Crippen LogP contribution in [0.1, 0.15) is 18.4 Å². The van der Waals surface area contributed by atoms with Crippen LogP contribution in [-0.4, -0.2) is 36.3 Å². The van der Waals surface area contributed by atoms with Crippen molar-refractivity contribution in [1.29, 1.82) is 0 Å². The van der Waals surface area contributed by atoms with Gasteiger partial charge in [-0.05, 0) is 48.0 Å². The number of alkyl halides is 3. The van der Waals surface area contributed by atoms with Crippen molar-refractivity contribution >= 4 is 22.6 Å². The van der Waals surface area contributed by atoms with E-state index in [-0.39, 0.29) is 13.0 Å². The highest BCUT2D eigenvalue weighted by Crippen LogP contribution is 2.34. The maximum absolute atomic E-state index is 12.8. The van der Waals surface area contributed by atoms with E-state index in [1.165, 1.54) is 7.11 Å². The zero-order valence-electron chi connectivity index (χ0n) is 11.1. The van der Waals surface area contributed by atoms with Crippen LogP contribution in [0, 0.1) is 9.49 Å². The lowest BCUT2D eigenvalue weighted by Gasteiger charge is -2.34. The number of nitrogens with zero attached hydrogens (tertiary/aromatic N) is 2. The summed E-state index contributed by atoms with van der Waals surface area (Å²) >= 11 is 2.16. The minimum atomic E-state index is -4.11. The Labute approximate surface area is 129 Å². The van der Waals surface area contributed by atoms with Crippen molar-refractivity contribution in [3.63, 3.8) is 0 Å². The average Bonchev–Trinajstić information content (AvgIpc) is 2.40. The molecule has 0 aliphatic carbocycles. The van der Waals surface area contributed by atoms with Gasteiger partial charge in [-0.15, -0.1) is 0 Å². The summed E-state index contributed by atoms with van der Waals surface area (Å²) in [7, 11) is 1.52. The Morgan fingerprint density at radius 1 is 1.50 bits per heavy atom. The highest BCUT2D eigenvalue weighted by molar-refractivity contribution is 14.1. The molecule has 1 fully saturated rings. The van der Waals surface area contributed by atoms with Gasteiger partial charge in [0.2, 0.25) is 5.88 Å².